The van der Waals surface area contributed by atoms with E-state index in [1.54, 1.807) is 6.20 Å². The predicted octanol–water partition coefficient (Wildman–Crippen LogP) is 2.01. The molecule has 1 saturated carbocycles. The molecule has 2 unspecified atom stereocenters. The third kappa shape index (κ3) is 2.37. The number of nitrogens with zero attached hydrogens (tertiary/aromatic N) is 2. The van der Waals surface area contributed by atoms with Crippen molar-refractivity contribution in [1.29, 1.82) is 0 Å². The van der Waals surface area contributed by atoms with Crippen molar-refractivity contribution in [3.05, 3.63) is 30.1 Å². The van der Waals surface area contributed by atoms with Crippen LogP contribution in [0.3, 0.4) is 0 Å². The van der Waals surface area contributed by atoms with Gasteiger partial charge in [0.15, 0.2) is 0 Å². The Morgan fingerprint density at radius 2 is 2.05 bits per heavy atom. The quantitative estimate of drug-likeness (QED) is 0.884. The highest BCUT2D eigenvalue weighted by molar-refractivity contribution is 5.80. The molecule has 1 aromatic heterocycles. The molecule has 1 aromatic rings. The van der Waals surface area contributed by atoms with Crippen LogP contribution in [-0.4, -0.2) is 27.9 Å². The number of carbonyl (C=O) groups is 1. The van der Waals surface area contributed by atoms with Crippen molar-refractivity contribution in [1.82, 2.24) is 9.88 Å². The van der Waals surface area contributed by atoms with Gasteiger partial charge in [0, 0.05) is 30.9 Å². The molecule has 1 saturated heterocycles. The van der Waals surface area contributed by atoms with E-state index < -0.39 is 0 Å². The number of nitrogens with two attached hydrogens (primary N) is 1. The van der Waals surface area contributed by atoms with Gasteiger partial charge in [-0.1, -0.05) is 25.3 Å². The summed E-state index contributed by atoms with van der Waals surface area (Å²) < 4.78 is 0. The van der Waals surface area contributed by atoms with Gasteiger partial charge in [0.1, 0.15) is 0 Å². The topological polar surface area (TPSA) is 59.2 Å². The molecule has 0 bridgehead atoms. The normalized spacial score (nSPS) is 28.9. The fourth-order valence-electron chi connectivity index (χ4n) is 3.53. The third-order valence-electron chi connectivity index (χ3n) is 4.40. The average molecular weight is 259 g/mol. The molecule has 2 aliphatic rings. The van der Waals surface area contributed by atoms with Crippen LogP contribution in [0.1, 0.15) is 50.1 Å². The smallest absolute Gasteiger partial charge is 0.225 e. The average Bonchev–Trinajstić information content (AvgIpc) is 2.75. The van der Waals surface area contributed by atoms with Crippen molar-refractivity contribution < 1.29 is 4.79 Å². The van der Waals surface area contributed by atoms with Crippen molar-refractivity contribution >= 4 is 5.91 Å². The number of pyridine rings is 1. The summed E-state index contributed by atoms with van der Waals surface area (Å²) in [7, 11) is 0. The Kier molecular flexibility index (Phi) is 3.51. The third-order valence-corrected chi connectivity index (χ3v) is 4.40. The van der Waals surface area contributed by atoms with E-state index in [-0.39, 0.29) is 18.0 Å². The molecule has 0 aromatic carbocycles. The predicted molar refractivity (Wildman–Crippen MR) is 73.3 cm³/mol. The maximum Gasteiger partial charge on any atom is 0.225 e. The van der Waals surface area contributed by atoms with Crippen LogP contribution in [-0.2, 0) is 4.79 Å². The molecule has 0 spiro atoms. The lowest BCUT2D eigenvalue weighted by Crippen LogP contribution is -2.41. The van der Waals surface area contributed by atoms with E-state index in [4.69, 9.17) is 5.73 Å². The highest BCUT2D eigenvalue weighted by atomic mass is 16.2. The largest absolute Gasteiger partial charge is 0.331 e. The zero-order valence-corrected chi connectivity index (χ0v) is 11.2. The standard InChI is InChI=1S/C15H21N3O/c16-13-9-14(19)18(12-6-2-1-3-7-12)15(13)11-5-4-8-17-10-11/h4-5,8,10,12-13,15H,1-3,6-7,9,16H2. The molecule has 4 nitrogen and oxygen atoms in total. The van der Waals surface area contributed by atoms with Crippen LogP contribution in [0.5, 0.6) is 0 Å². The van der Waals surface area contributed by atoms with Crippen LogP contribution in [0.2, 0.25) is 0 Å². The molecule has 2 fully saturated rings. The van der Waals surface area contributed by atoms with Crippen molar-refractivity contribution in [2.24, 2.45) is 5.73 Å². The maximum absolute atomic E-state index is 12.3. The first-order valence-corrected chi connectivity index (χ1v) is 7.24. The lowest BCUT2D eigenvalue weighted by molar-refractivity contribution is -0.132. The lowest BCUT2D eigenvalue weighted by Gasteiger charge is -2.36. The highest BCUT2D eigenvalue weighted by Crippen LogP contribution is 2.37. The van der Waals surface area contributed by atoms with E-state index in [9.17, 15) is 4.79 Å². The monoisotopic (exact) mass is 259 g/mol. The summed E-state index contributed by atoms with van der Waals surface area (Å²) in [5.41, 5.74) is 7.28. The molecular weight excluding hydrogens is 238 g/mol. The Hall–Kier alpha value is -1.42. The molecule has 1 aliphatic heterocycles. The number of rotatable bonds is 2. The van der Waals surface area contributed by atoms with Gasteiger partial charge in [-0.15, -0.1) is 0 Å². The van der Waals surface area contributed by atoms with Crippen LogP contribution in [0.25, 0.3) is 0 Å². The van der Waals surface area contributed by atoms with E-state index in [0.717, 1.165) is 18.4 Å². The molecule has 4 heteroatoms. The van der Waals surface area contributed by atoms with Gasteiger partial charge in [-0.25, -0.2) is 0 Å². The van der Waals surface area contributed by atoms with Gasteiger partial charge < -0.3 is 10.6 Å². The minimum absolute atomic E-state index is 0.0179. The second kappa shape index (κ2) is 5.29. The second-order valence-electron chi connectivity index (χ2n) is 5.69. The van der Waals surface area contributed by atoms with E-state index in [0.29, 0.717) is 12.5 Å². The fraction of sp³-hybridized carbons (Fsp3) is 0.600. The van der Waals surface area contributed by atoms with Crippen molar-refractivity contribution in [3.8, 4) is 0 Å². The van der Waals surface area contributed by atoms with Gasteiger partial charge in [-0.05, 0) is 24.5 Å². The van der Waals surface area contributed by atoms with E-state index in [2.05, 4.69) is 9.88 Å². The number of aromatic nitrogens is 1. The van der Waals surface area contributed by atoms with Gasteiger partial charge in [0.2, 0.25) is 5.91 Å². The summed E-state index contributed by atoms with van der Waals surface area (Å²) in [5, 5.41) is 0. The fourth-order valence-corrected chi connectivity index (χ4v) is 3.53. The molecule has 102 valence electrons. The highest BCUT2D eigenvalue weighted by Gasteiger charge is 2.42. The molecule has 3 rings (SSSR count). The van der Waals surface area contributed by atoms with Crippen LogP contribution >= 0.6 is 0 Å². The van der Waals surface area contributed by atoms with Crippen LogP contribution in [0.15, 0.2) is 24.5 Å². The minimum Gasteiger partial charge on any atom is -0.331 e. The van der Waals surface area contributed by atoms with Crippen LogP contribution in [0.4, 0.5) is 0 Å². The molecule has 0 radical (unpaired) electrons. The Labute approximate surface area is 114 Å². The van der Waals surface area contributed by atoms with Crippen molar-refractivity contribution in [2.45, 2.75) is 56.7 Å². The molecule has 2 heterocycles. The maximum atomic E-state index is 12.3. The van der Waals surface area contributed by atoms with E-state index in [1.165, 1.54) is 19.3 Å². The summed E-state index contributed by atoms with van der Waals surface area (Å²) in [6, 6.07) is 4.25. The number of hydrogen-bond donors (Lipinski definition) is 1. The molecule has 19 heavy (non-hydrogen) atoms. The van der Waals surface area contributed by atoms with Crippen molar-refractivity contribution in [2.75, 3.05) is 0 Å². The Morgan fingerprint density at radius 3 is 2.74 bits per heavy atom. The van der Waals surface area contributed by atoms with Gasteiger partial charge in [-0.2, -0.15) is 0 Å². The zero-order valence-electron chi connectivity index (χ0n) is 11.2. The number of amides is 1. The first-order valence-electron chi connectivity index (χ1n) is 7.24. The summed E-state index contributed by atoms with van der Waals surface area (Å²) in [6.45, 7) is 0. The Balaban J connectivity index is 1.88. The van der Waals surface area contributed by atoms with Gasteiger partial charge in [0.05, 0.1) is 6.04 Å². The van der Waals surface area contributed by atoms with E-state index in [1.807, 2.05) is 18.3 Å². The summed E-state index contributed by atoms with van der Waals surface area (Å²) >= 11 is 0. The summed E-state index contributed by atoms with van der Waals surface area (Å²) in [6.07, 6.45) is 10.1. The number of likely N-dealkylation sites (tertiary alicyclic amines) is 1. The molecule has 2 N–H and O–H groups in total. The van der Waals surface area contributed by atoms with Gasteiger partial charge >= 0.3 is 0 Å². The van der Waals surface area contributed by atoms with Gasteiger partial charge in [0.25, 0.3) is 0 Å². The van der Waals surface area contributed by atoms with E-state index >= 15 is 0 Å². The molecular formula is C15H21N3O. The number of hydrogen-bond acceptors (Lipinski definition) is 3. The molecule has 1 aliphatic carbocycles. The van der Waals surface area contributed by atoms with Crippen LogP contribution in [0, 0.1) is 0 Å². The van der Waals surface area contributed by atoms with Gasteiger partial charge in [-0.3, -0.25) is 9.78 Å². The number of carbonyl (C=O) groups excluding carboxylic acids is 1. The summed E-state index contributed by atoms with van der Waals surface area (Å²) in [5.74, 6) is 0.216. The van der Waals surface area contributed by atoms with Crippen molar-refractivity contribution in [3.63, 3.8) is 0 Å². The Bertz CT molecular complexity index is 442. The molecule has 2 atom stereocenters. The Morgan fingerprint density at radius 1 is 1.26 bits per heavy atom. The first kappa shape index (κ1) is 12.6. The zero-order chi connectivity index (χ0) is 13.2. The summed E-state index contributed by atoms with van der Waals surface area (Å²) in [4.78, 5) is 18.5. The van der Waals surface area contributed by atoms with Crippen LogP contribution < -0.4 is 5.73 Å². The second-order valence-corrected chi connectivity index (χ2v) is 5.69. The molecule has 1 amide bonds. The minimum atomic E-state index is -0.0985. The SMILES string of the molecule is NC1CC(=O)N(C2CCCCC2)C1c1cccnc1. The lowest BCUT2D eigenvalue weighted by atomic mass is 9.92. The first-order chi connectivity index (χ1) is 9.27.